The summed E-state index contributed by atoms with van der Waals surface area (Å²) >= 11 is 1.56. The van der Waals surface area contributed by atoms with Crippen LogP contribution in [0.4, 0.5) is 0 Å². The first-order valence-corrected chi connectivity index (χ1v) is 11.9. The van der Waals surface area contributed by atoms with Crippen LogP contribution in [0.5, 0.6) is 10.9 Å². The van der Waals surface area contributed by atoms with E-state index >= 15 is 0 Å². The minimum absolute atomic E-state index is 0.109. The van der Waals surface area contributed by atoms with Crippen molar-refractivity contribution in [3.63, 3.8) is 0 Å². The average molecular weight is 446 g/mol. The van der Waals surface area contributed by atoms with Gasteiger partial charge in [0, 0.05) is 56.5 Å². The number of aromatic nitrogens is 1. The summed E-state index contributed by atoms with van der Waals surface area (Å²) in [4.78, 5) is 21.7. The second-order valence-corrected chi connectivity index (χ2v) is 8.90. The fourth-order valence-corrected chi connectivity index (χ4v) is 4.87. The third-order valence-electron chi connectivity index (χ3n) is 6.08. The minimum Gasteiger partial charge on any atom is -0.491 e. The molecule has 31 heavy (non-hydrogen) atoms. The number of benzene rings is 1. The van der Waals surface area contributed by atoms with Crippen LogP contribution >= 0.6 is 11.3 Å². The lowest BCUT2D eigenvalue weighted by atomic mass is 9.98. The van der Waals surface area contributed by atoms with E-state index in [1.807, 2.05) is 34.5 Å². The Morgan fingerprint density at radius 2 is 1.81 bits per heavy atom. The van der Waals surface area contributed by atoms with Crippen LogP contribution in [0.3, 0.4) is 0 Å². The number of ether oxygens (including phenoxy) is 3. The lowest BCUT2D eigenvalue weighted by Gasteiger charge is -2.41. The Morgan fingerprint density at radius 1 is 1.06 bits per heavy atom. The molecule has 0 atom stereocenters. The van der Waals surface area contributed by atoms with Crippen LogP contribution in [-0.2, 0) is 4.74 Å². The highest BCUT2D eigenvalue weighted by Gasteiger charge is 2.30. The number of amides is 1. The van der Waals surface area contributed by atoms with Gasteiger partial charge in [0.05, 0.1) is 6.61 Å². The highest BCUT2D eigenvalue weighted by Crippen LogP contribution is 2.25. The standard InChI is InChI=1S/C23H31N3O4S/c1-28-15-16-29-20-4-2-18(3-5-20)22(27)26-11-6-19(7-12-26)25-13-8-21(9-14-25)30-23-24-10-17-31-23/h2-5,10,17,19,21H,6-9,11-16H2,1H3. The van der Waals surface area contributed by atoms with E-state index in [4.69, 9.17) is 14.2 Å². The lowest BCUT2D eigenvalue weighted by molar-refractivity contribution is 0.0425. The molecule has 0 N–H and O–H groups in total. The smallest absolute Gasteiger partial charge is 0.273 e. The number of carbonyl (C=O) groups is 1. The van der Waals surface area contributed by atoms with Crippen molar-refractivity contribution in [1.82, 2.24) is 14.8 Å². The van der Waals surface area contributed by atoms with Gasteiger partial charge in [-0.2, -0.15) is 0 Å². The molecule has 1 aromatic heterocycles. The molecule has 0 spiro atoms. The van der Waals surface area contributed by atoms with E-state index in [-0.39, 0.29) is 12.0 Å². The molecule has 2 saturated heterocycles. The van der Waals surface area contributed by atoms with Crippen molar-refractivity contribution < 1.29 is 19.0 Å². The zero-order valence-corrected chi connectivity index (χ0v) is 18.9. The van der Waals surface area contributed by atoms with E-state index in [0.29, 0.717) is 19.3 Å². The fourth-order valence-electron chi connectivity index (χ4n) is 4.32. The van der Waals surface area contributed by atoms with Crippen LogP contribution in [0.25, 0.3) is 0 Å². The topological polar surface area (TPSA) is 64.1 Å². The summed E-state index contributed by atoms with van der Waals surface area (Å²) in [6, 6.07) is 7.97. The molecule has 2 fully saturated rings. The van der Waals surface area contributed by atoms with Gasteiger partial charge in [-0.3, -0.25) is 9.69 Å². The van der Waals surface area contributed by atoms with Gasteiger partial charge in [-0.15, -0.1) is 0 Å². The van der Waals surface area contributed by atoms with Gasteiger partial charge >= 0.3 is 0 Å². The van der Waals surface area contributed by atoms with Crippen LogP contribution < -0.4 is 9.47 Å². The number of hydrogen-bond acceptors (Lipinski definition) is 7. The second kappa shape index (κ2) is 10.9. The molecule has 0 aliphatic carbocycles. The first kappa shape index (κ1) is 22.0. The summed E-state index contributed by atoms with van der Waals surface area (Å²) in [6.07, 6.45) is 6.19. The normalized spacial score (nSPS) is 18.8. The number of rotatable bonds is 8. The van der Waals surface area contributed by atoms with Crippen LogP contribution in [0, 0.1) is 0 Å². The van der Waals surface area contributed by atoms with E-state index in [1.54, 1.807) is 24.6 Å². The zero-order chi connectivity index (χ0) is 21.5. The first-order chi connectivity index (χ1) is 15.2. The maximum Gasteiger partial charge on any atom is 0.273 e. The van der Waals surface area contributed by atoms with Gasteiger partial charge in [0.1, 0.15) is 18.5 Å². The Kier molecular flexibility index (Phi) is 7.77. The van der Waals surface area contributed by atoms with Gasteiger partial charge in [-0.1, -0.05) is 11.3 Å². The van der Waals surface area contributed by atoms with Gasteiger partial charge in [-0.25, -0.2) is 4.98 Å². The zero-order valence-electron chi connectivity index (χ0n) is 18.1. The molecule has 0 unspecified atom stereocenters. The average Bonchev–Trinajstić information content (AvgIpc) is 3.33. The van der Waals surface area contributed by atoms with Gasteiger partial charge < -0.3 is 19.1 Å². The van der Waals surface area contributed by atoms with Crippen LogP contribution in [0.2, 0.25) is 0 Å². The first-order valence-electron chi connectivity index (χ1n) is 11.0. The van der Waals surface area contributed by atoms with Crippen molar-refractivity contribution in [2.45, 2.75) is 37.8 Å². The van der Waals surface area contributed by atoms with Crippen molar-refractivity contribution in [3.05, 3.63) is 41.4 Å². The molecule has 1 amide bonds. The molecule has 168 valence electrons. The van der Waals surface area contributed by atoms with Crippen molar-refractivity contribution >= 4 is 17.2 Å². The van der Waals surface area contributed by atoms with Gasteiger partial charge in [-0.05, 0) is 49.9 Å². The summed E-state index contributed by atoms with van der Waals surface area (Å²) in [5.41, 5.74) is 0.720. The number of nitrogens with zero attached hydrogens (tertiary/aromatic N) is 3. The molecule has 4 rings (SSSR count). The lowest BCUT2D eigenvalue weighted by Crippen LogP contribution is -2.50. The molecule has 2 aliphatic heterocycles. The Morgan fingerprint density at radius 3 is 2.45 bits per heavy atom. The molecule has 8 heteroatoms. The monoisotopic (exact) mass is 445 g/mol. The molecule has 3 heterocycles. The molecule has 2 aromatic rings. The minimum atomic E-state index is 0.109. The highest BCUT2D eigenvalue weighted by atomic mass is 32.1. The maximum atomic E-state index is 12.9. The Hall–Kier alpha value is -2.16. The third kappa shape index (κ3) is 5.96. The van der Waals surface area contributed by atoms with E-state index in [0.717, 1.165) is 68.4 Å². The molecule has 1 aromatic carbocycles. The SMILES string of the molecule is COCCOc1ccc(C(=O)N2CCC(N3CCC(Oc4nccs4)CC3)CC2)cc1. The summed E-state index contributed by atoms with van der Waals surface area (Å²) in [5, 5.41) is 2.73. The van der Waals surface area contributed by atoms with Crippen molar-refractivity contribution in [3.8, 4) is 10.9 Å². The Labute approximate surface area is 187 Å². The predicted molar refractivity (Wildman–Crippen MR) is 120 cm³/mol. The molecular weight excluding hydrogens is 414 g/mol. The van der Waals surface area contributed by atoms with Crippen molar-refractivity contribution in [2.24, 2.45) is 0 Å². The molecule has 0 bridgehead atoms. The van der Waals surface area contributed by atoms with Gasteiger partial charge in [0.15, 0.2) is 0 Å². The number of carbonyl (C=O) groups excluding carboxylic acids is 1. The van der Waals surface area contributed by atoms with Crippen molar-refractivity contribution in [1.29, 1.82) is 0 Å². The van der Waals surface area contributed by atoms with Crippen LogP contribution in [0.1, 0.15) is 36.0 Å². The van der Waals surface area contributed by atoms with Gasteiger partial charge in [0.2, 0.25) is 0 Å². The quantitative estimate of drug-likeness (QED) is 0.581. The van der Waals surface area contributed by atoms with E-state index in [1.165, 1.54) is 0 Å². The van der Waals surface area contributed by atoms with Gasteiger partial charge in [0.25, 0.3) is 11.1 Å². The molecule has 7 nitrogen and oxygen atoms in total. The Bertz CT molecular complexity index is 799. The van der Waals surface area contributed by atoms with E-state index in [2.05, 4.69) is 9.88 Å². The summed E-state index contributed by atoms with van der Waals surface area (Å²) < 4.78 is 16.5. The van der Waals surface area contributed by atoms with Crippen LogP contribution in [-0.4, -0.2) is 79.3 Å². The number of piperidine rings is 2. The fraction of sp³-hybridized carbons (Fsp3) is 0.565. The second-order valence-electron chi connectivity index (χ2n) is 8.04. The molecule has 0 saturated carbocycles. The van der Waals surface area contributed by atoms with E-state index < -0.39 is 0 Å². The van der Waals surface area contributed by atoms with Crippen LogP contribution in [0.15, 0.2) is 35.8 Å². The summed E-state index contributed by atoms with van der Waals surface area (Å²) in [7, 11) is 1.65. The molecule has 2 aliphatic rings. The van der Waals surface area contributed by atoms with Crippen molar-refractivity contribution in [2.75, 3.05) is 46.5 Å². The Balaban J connectivity index is 1.20. The summed E-state index contributed by atoms with van der Waals surface area (Å²) in [5.74, 6) is 0.868. The number of thiazole rings is 1. The number of likely N-dealkylation sites (tertiary alicyclic amines) is 2. The number of hydrogen-bond donors (Lipinski definition) is 0. The molecular formula is C23H31N3O4S. The molecule has 0 radical (unpaired) electrons. The highest BCUT2D eigenvalue weighted by molar-refractivity contribution is 7.11. The largest absolute Gasteiger partial charge is 0.491 e. The maximum absolute atomic E-state index is 12.9. The van der Waals surface area contributed by atoms with E-state index in [9.17, 15) is 4.79 Å². The third-order valence-corrected chi connectivity index (χ3v) is 6.74. The predicted octanol–water partition coefficient (Wildman–Crippen LogP) is 3.32. The summed E-state index contributed by atoms with van der Waals surface area (Å²) in [6.45, 7) is 4.78. The number of methoxy groups -OCH3 is 1.